The van der Waals surface area contributed by atoms with E-state index in [9.17, 15) is 13.2 Å². The molecule has 19 heavy (non-hydrogen) atoms. The van der Waals surface area contributed by atoms with Gasteiger partial charge in [0.25, 0.3) is 0 Å². The van der Waals surface area contributed by atoms with Crippen LogP contribution in [0.2, 0.25) is 0 Å². The predicted octanol–water partition coefficient (Wildman–Crippen LogP) is 0.0384. The summed E-state index contributed by atoms with van der Waals surface area (Å²) in [4.78, 5) is 11.4. The Morgan fingerprint density at radius 3 is 2.37 bits per heavy atom. The van der Waals surface area contributed by atoms with E-state index in [-0.39, 0.29) is 11.8 Å². The third-order valence-corrected chi connectivity index (χ3v) is 3.49. The maximum absolute atomic E-state index is 11.4. The van der Waals surface area contributed by atoms with Crippen LogP contribution in [0, 0.1) is 0 Å². The second-order valence-corrected chi connectivity index (χ2v) is 7.31. The number of carbonyl (C=O) groups is 1. The van der Waals surface area contributed by atoms with Crippen molar-refractivity contribution in [2.75, 3.05) is 25.9 Å². The van der Waals surface area contributed by atoms with Crippen LogP contribution in [-0.2, 0) is 14.8 Å². The van der Waals surface area contributed by atoms with E-state index in [1.54, 1.807) is 20.8 Å². The highest BCUT2D eigenvalue weighted by atomic mass is 32.2. The number of rotatable bonds is 7. The van der Waals surface area contributed by atoms with Crippen molar-refractivity contribution < 1.29 is 17.9 Å². The average molecular weight is 295 g/mol. The highest BCUT2D eigenvalue weighted by Gasteiger charge is 2.16. The second-order valence-electron chi connectivity index (χ2n) is 5.26. The number of alkyl carbamates (subject to hydrolysis) is 1. The van der Waals surface area contributed by atoms with Gasteiger partial charge in [0.2, 0.25) is 10.0 Å². The lowest BCUT2D eigenvalue weighted by Crippen LogP contribution is -2.43. The van der Waals surface area contributed by atoms with Gasteiger partial charge in [-0.2, -0.15) is 0 Å². The van der Waals surface area contributed by atoms with Gasteiger partial charge >= 0.3 is 6.09 Å². The topological polar surface area (TPSA) is 96.5 Å². The Hall–Kier alpha value is -0.860. The maximum atomic E-state index is 11.4. The zero-order chi connectivity index (χ0) is 15.1. The van der Waals surface area contributed by atoms with Crippen LogP contribution in [0.25, 0.3) is 0 Å². The number of ether oxygens (including phenoxy) is 1. The van der Waals surface area contributed by atoms with Crippen molar-refractivity contribution in [3.05, 3.63) is 0 Å². The van der Waals surface area contributed by atoms with Crippen molar-refractivity contribution in [3.63, 3.8) is 0 Å². The first-order valence-corrected chi connectivity index (χ1v) is 7.82. The van der Waals surface area contributed by atoms with Crippen LogP contribution >= 0.6 is 0 Å². The van der Waals surface area contributed by atoms with E-state index in [1.807, 2.05) is 6.92 Å². The molecule has 0 aliphatic rings. The second kappa shape index (κ2) is 7.66. The number of nitrogens with one attached hydrogen (secondary N) is 3. The molecule has 0 bridgehead atoms. The van der Waals surface area contributed by atoms with Gasteiger partial charge in [0.15, 0.2) is 0 Å². The van der Waals surface area contributed by atoms with Gasteiger partial charge in [-0.1, -0.05) is 0 Å². The fourth-order valence-corrected chi connectivity index (χ4v) is 1.76. The first-order chi connectivity index (χ1) is 8.56. The van der Waals surface area contributed by atoms with Crippen molar-refractivity contribution >= 4 is 16.1 Å². The standard InChI is InChI=1S/C11H25N3O4S/c1-9(13-6-7-19(16,17)12-5)8-14-10(15)18-11(2,3)4/h9,12-13H,6-8H2,1-5H3,(H,14,15). The summed E-state index contributed by atoms with van der Waals surface area (Å²) in [6, 6.07) is -0.0421. The molecule has 0 aliphatic heterocycles. The minimum Gasteiger partial charge on any atom is -0.444 e. The monoisotopic (exact) mass is 295 g/mol. The summed E-state index contributed by atoms with van der Waals surface area (Å²) in [5.74, 6) is 0.000275. The molecule has 0 aromatic carbocycles. The zero-order valence-electron chi connectivity index (χ0n) is 12.2. The van der Waals surface area contributed by atoms with Crippen molar-refractivity contribution in [1.82, 2.24) is 15.4 Å². The number of hydrogen-bond acceptors (Lipinski definition) is 5. The van der Waals surface area contributed by atoms with E-state index in [1.165, 1.54) is 7.05 Å². The van der Waals surface area contributed by atoms with Crippen LogP contribution in [-0.4, -0.2) is 52.0 Å². The van der Waals surface area contributed by atoms with Crippen LogP contribution in [0.3, 0.4) is 0 Å². The number of carbonyl (C=O) groups excluding carboxylic acids is 1. The van der Waals surface area contributed by atoms with E-state index >= 15 is 0 Å². The SMILES string of the molecule is CNS(=O)(=O)CCNC(C)CNC(=O)OC(C)(C)C. The van der Waals surface area contributed by atoms with Gasteiger partial charge in [-0.05, 0) is 34.7 Å². The molecule has 0 rings (SSSR count). The fraction of sp³-hybridized carbons (Fsp3) is 0.909. The maximum Gasteiger partial charge on any atom is 0.407 e. The first-order valence-electron chi connectivity index (χ1n) is 6.17. The Kier molecular flexibility index (Phi) is 7.32. The molecule has 0 aliphatic carbocycles. The first kappa shape index (κ1) is 18.1. The molecule has 1 amide bonds. The fourth-order valence-electron chi connectivity index (χ4n) is 1.16. The van der Waals surface area contributed by atoms with Crippen molar-refractivity contribution in [2.45, 2.75) is 39.3 Å². The summed E-state index contributed by atoms with van der Waals surface area (Å²) >= 11 is 0. The van der Waals surface area contributed by atoms with Gasteiger partial charge in [-0.15, -0.1) is 0 Å². The molecule has 7 nitrogen and oxygen atoms in total. The molecule has 0 heterocycles. The minimum atomic E-state index is -3.19. The van der Waals surface area contributed by atoms with Crippen LogP contribution in [0.4, 0.5) is 4.79 Å². The largest absolute Gasteiger partial charge is 0.444 e. The molecular formula is C11H25N3O4S. The molecule has 3 N–H and O–H groups in total. The van der Waals surface area contributed by atoms with E-state index in [4.69, 9.17) is 4.74 Å². The number of sulfonamides is 1. The third kappa shape index (κ3) is 10.7. The zero-order valence-corrected chi connectivity index (χ0v) is 13.1. The molecule has 1 atom stereocenters. The van der Waals surface area contributed by atoms with Gasteiger partial charge in [0.1, 0.15) is 5.60 Å². The molecule has 8 heteroatoms. The summed E-state index contributed by atoms with van der Waals surface area (Å²) in [6.45, 7) is 7.91. The third-order valence-electron chi connectivity index (χ3n) is 2.13. The van der Waals surface area contributed by atoms with Crippen molar-refractivity contribution in [2.24, 2.45) is 0 Å². The molecular weight excluding hydrogens is 270 g/mol. The summed E-state index contributed by atoms with van der Waals surface area (Å²) in [5, 5.41) is 5.61. The van der Waals surface area contributed by atoms with Crippen molar-refractivity contribution in [1.29, 1.82) is 0 Å². The predicted molar refractivity (Wildman–Crippen MR) is 74.5 cm³/mol. The van der Waals surface area contributed by atoms with Gasteiger partial charge < -0.3 is 15.4 Å². The molecule has 114 valence electrons. The number of amides is 1. The molecule has 0 fully saturated rings. The molecule has 0 saturated carbocycles. The van der Waals surface area contributed by atoms with Crippen LogP contribution in [0.1, 0.15) is 27.7 Å². The minimum absolute atomic E-state index is 0.000275. The van der Waals surface area contributed by atoms with E-state index in [0.29, 0.717) is 13.1 Å². The van der Waals surface area contributed by atoms with Gasteiger partial charge in [-0.3, -0.25) is 0 Å². The number of hydrogen-bond donors (Lipinski definition) is 3. The summed E-state index contributed by atoms with van der Waals surface area (Å²) in [6.07, 6.45) is -0.482. The lowest BCUT2D eigenvalue weighted by Gasteiger charge is -2.21. The Morgan fingerprint density at radius 2 is 1.89 bits per heavy atom. The van der Waals surface area contributed by atoms with Crippen LogP contribution in [0.15, 0.2) is 0 Å². The quantitative estimate of drug-likeness (QED) is 0.616. The summed E-state index contributed by atoms with van der Waals surface area (Å²) < 4.78 is 29.6. The molecule has 1 unspecified atom stereocenters. The summed E-state index contributed by atoms with van der Waals surface area (Å²) in [5.41, 5.74) is -0.526. The van der Waals surface area contributed by atoms with E-state index in [2.05, 4.69) is 15.4 Å². The molecule has 0 saturated heterocycles. The van der Waals surface area contributed by atoms with Crippen LogP contribution < -0.4 is 15.4 Å². The van der Waals surface area contributed by atoms with Gasteiger partial charge in [-0.25, -0.2) is 17.9 Å². The summed E-state index contributed by atoms with van der Waals surface area (Å²) in [7, 11) is -1.82. The Bertz CT molecular complexity index is 376. The molecule has 0 spiro atoms. The molecule has 0 radical (unpaired) electrons. The highest BCUT2D eigenvalue weighted by Crippen LogP contribution is 2.06. The molecule has 0 aromatic rings. The smallest absolute Gasteiger partial charge is 0.407 e. The lowest BCUT2D eigenvalue weighted by atomic mass is 10.2. The van der Waals surface area contributed by atoms with E-state index < -0.39 is 21.7 Å². The average Bonchev–Trinajstić information content (AvgIpc) is 2.24. The van der Waals surface area contributed by atoms with Crippen molar-refractivity contribution in [3.8, 4) is 0 Å². The Morgan fingerprint density at radius 1 is 1.32 bits per heavy atom. The van der Waals surface area contributed by atoms with Gasteiger partial charge in [0, 0.05) is 19.1 Å². The Balaban J connectivity index is 3.82. The Labute approximate surface area is 115 Å². The highest BCUT2D eigenvalue weighted by molar-refractivity contribution is 7.89. The lowest BCUT2D eigenvalue weighted by molar-refractivity contribution is 0.0523. The van der Waals surface area contributed by atoms with Crippen LogP contribution in [0.5, 0.6) is 0 Å². The normalized spacial score (nSPS) is 13.9. The van der Waals surface area contributed by atoms with E-state index in [0.717, 1.165) is 0 Å². The molecule has 0 aromatic heterocycles. The van der Waals surface area contributed by atoms with Gasteiger partial charge in [0.05, 0.1) is 5.75 Å².